The third kappa shape index (κ3) is 1.55. The topological polar surface area (TPSA) is 42.2 Å². The van der Waals surface area contributed by atoms with Crippen molar-refractivity contribution in [2.45, 2.75) is 31.8 Å². The molecule has 0 radical (unpaired) electrons. The summed E-state index contributed by atoms with van der Waals surface area (Å²) in [5.41, 5.74) is 0.931. The summed E-state index contributed by atoms with van der Waals surface area (Å²) >= 11 is 0. The van der Waals surface area contributed by atoms with Crippen LogP contribution in [0.25, 0.3) is 5.65 Å². The number of pyridine rings is 1. The van der Waals surface area contributed by atoms with E-state index < -0.39 is 0 Å². The van der Waals surface area contributed by atoms with Gasteiger partial charge < -0.3 is 5.32 Å². The number of nitrogens with zero attached hydrogens (tertiary/aromatic N) is 3. The highest BCUT2D eigenvalue weighted by Crippen LogP contribution is 2.51. The predicted octanol–water partition coefficient (Wildman–Crippen LogP) is 1.62. The second-order valence-electron chi connectivity index (χ2n) is 5.27. The van der Waals surface area contributed by atoms with E-state index in [1.807, 2.05) is 24.4 Å². The Bertz CT molecular complexity index is 547. The molecule has 4 nitrogen and oxygen atoms in total. The van der Waals surface area contributed by atoms with Crippen molar-refractivity contribution in [2.24, 2.45) is 11.8 Å². The lowest BCUT2D eigenvalue weighted by Gasteiger charge is -2.12. The zero-order chi connectivity index (χ0) is 11.2. The van der Waals surface area contributed by atoms with Gasteiger partial charge in [-0.15, -0.1) is 10.2 Å². The molecule has 2 fully saturated rings. The van der Waals surface area contributed by atoms with Gasteiger partial charge in [-0.05, 0) is 43.2 Å². The molecule has 0 bridgehead atoms. The first kappa shape index (κ1) is 9.59. The van der Waals surface area contributed by atoms with Crippen LogP contribution in [0.4, 0.5) is 0 Å². The molecule has 0 aromatic carbocycles. The van der Waals surface area contributed by atoms with Crippen LogP contribution in [0.3, 0.4) is 0 Å². The van der Waals surface area contributed by atoms with Gasteiger partial charge in [0.05, 0.1) is 6.54 Å². The van der Waals surface area contributed by atoms with E-state index in [-0.39, 0.29) is 0 Å². The standard InChI is InChI=1S/C13H16N4/c1-2-6-17-12(3-1)15-16-13(17)8-14-11-5-4-9-7-10(9)11/h1-3,6,9-11,14H,4-5,7-8H2. The number of aromatic nitrogens is 3. The predicted molar refractivity (Wildman–Crippen MR) is 64.4 cm³/mol. The zero-order valence-corrected chi connectivity index (χ0v) is 9.71. The van der Waals surface area contributed by atoms with Crippen molar-refractivity contribution >= 4 is 5.65 Å². The summed E-state index contributed by atoms with van der Waals surface area (Å²) in [7, 11) is 0. The van der Waals surface area contributed by atoms with Gasteiger partial charge in [0.2, 0.25) is 0 Å². The van der Waals surface area contributed by atoms with Gasteiger partial charge in [-0.2, -0.15) is 0 Å². The quantitative estimate of drug-likeness (QED) is 0.868. The third-order valence-electron chi connectivity index (χ3n) is 4.25. The smallest absolute Gasteiger partial charge is 0.160 e. The number of hydrogen-bond donors (Lipinski definition) is 1. The van der Waals surface area contributed by atoms with Gasteiger partial charge in [-0.1, -0.05) is 6.07 Å². The molecule has 0 aliphatic heterocycles. The molecule has 4 rings (SSSR count). The summed E-state index contributed by atoms with van der Waals surface area (Å²) in [5, 5.41) is 12.1. The van der Waals surface area contributed by atoms with Crippen LogP contribution in [0.15, 0.2) is 24.4 Å². The first-order valence-corrected chi connectivity index (χ1v) is 6.44. The molecule has 3 atom stereocenters. The lowest BCUT2D eigenvalue weighted by molar-refractivity contribution is 0.466. The van der Waals surface area contributed by atoms with Gasteiger partial charge in [0.25, 0.3) is 0 Å². The summed E-state index contributed by atoms with van der Waals surface area (Å²) in [6, 6.07) is 6.72. The van der Waals surface area contributed by atoms with E-state index in [0.29, 0.717) is 0 Å². The highest BCUT2D eigenvalue weighted by atomic mass is 15.3. The Morgan fingerprint density at radius 3 is 3.12 bits per heavy atom. The van der Waals surface area contributed by atoms with E-state index in [0.717, 1.165) is 35.9 Å². The van der Waals surface area contributed by atoms with Gasteiger partial charge in [-0.25, -0.2) is 0 Å². The van der Waals surface area contributed by atoms with Crippen molar-refractivity contribution in [3.05, 3.63) is 30.2 Å². The van der Waals surface area contributed by atoms with E-state index >= 15 is 0 Å². The molecule has 88 valence electrons. The maximum Gasteiger partial charge on any atom is 0.160 e. The van der Waals surface area contributed by atoms with E-state index in [2.05, 4.69) is 19.9 Å². The molecule has 2 aliphatic carbocycles. The summed E-state index contributed by atoms with van der Waals surface area (Å²) in [4.78, 5) is 0. The molecule has 0 spiro atoms. The van der Waals surface area contributed by atoms with Crippen molar-refractivity contribution in [3.8, 4) is 0 Å². The van der Waals surface area contributed by atoms with Crippen LogP contribution in [-0.4, -0.2) is 20.6 Å². The second kappa shape index (κ2) is 3.53. The lowest BCUT2D eigenvalue weighted by Crippen LogP contribution is -2.29. The van der Waals surface area contributed by atoms with Gasteiger partial charge in [0.1, 0.15) is 0 Å². The van der Waals surface area contributed by atoms with E-state index in [1.165, 1.54) is 19.3 Å². The first-order chi connectivity index (χ1) is 8.42. The maximum absolute atomic E-state index is 4.25. The summed E-state index contributed by atoms with van der Waals surface area (Å²) in [5.74, 6) is 3.00. The van der Waals surface area contributed by atoms with Gasteiger partial charge in [0, 0.05) is 12.2 Å². The molecule has 0 saturated heterocycles. The van der Waals surface area contributed by atoms with Crippen molar-refractivity contribution in [1.82, 2.24) is 19.9 Å². The molecule has 0 amide bonds. The highest BCUT2D eigenvalue weighted by molar-refractivity contribution is 5.36. The Labute approximate surface area is 100 Å². The van der Waals surface area contributed by atoms with Gasteiger partial charge >= 0.3 is 0 Å². The van der Waals surface area contributed by atoms with Crippen LogP contribution < -0.4 is 5.32 Å². The van der Waals surface area contributed by atoms with Gasteiger partial charge in [0.15, 0.2) is 11.5 Å². The average Bonchev–Trinajstić information content (AvgIpc) is 2.86. The molecule has 3 unspecified atom stereocenters. The Morgan fingerprint density at radius 2 is 2.29 bits per heavy atom. The summed E-state index contributed by atoms with van der Waals surface area (Å²) < 4.78 is 2.06. The molecule has 2 aliphatic rings. The number of fused-ring (bicyclic) bond motifs is 2. The second-order valence-corrected chi connectivity index (χ2v) is 5.27. The molecular formula is C13H16N4. The Balaban J connectivity index is 1.51. The molecular weight excluding hydrogens is 212 g/mol. The van der Waals surface area contributed by atoms with E-state index in [4.69, 9.17) is 0 Å². The minimum absolute atomic E-state index is 0.719. The minimum Gasteiger partial charge on any atom is -0.307 e. The molecule has 1 N–H and O–H groups in total. The normalized spacial score (nSPS) is 30.7. The lowest BCUT2D eigenvalue weighted by atomic mass is 10.2. The zero-order valence-electron chi connectivity index (χ0n) is 9.71. The number of hydrogen-bond acceptors (Lipinski definition) is 3. The van der Waals surface area contributed by atoms with Crippen molar-refractivity contribution in [2.75, 3.05) is 0 Å². The fraction of sp³-hybridized carbons (Fsp3) is 0.538. The fourth-order valence-corrected chi connectivity index (χ4v) is 3.19. The number of rotatable bonds is 3. The number of nitrogens with one attached hydrogen (secondary N) is 1. The third-order valence-corrected chi connectivity index (χ3v) is 4.25. The SMILES string of the molecule is c1ccn2c(CNC3CCC4CC43)nnc2c1. The van der Waals surface area contributed by atoms with Crippen LogP contribution >= 0.6 is 0 Å². The van der Waals surface area contributed by atoms with Crippen LogP contribution in [0.1, 0.15) is 25.1 Å². The minimum atomic E-state index is 0.719. The monoisotopic (exact) mass is 228 g/mol. The van der Waals surface area contributed by atoms with Crippen molar-refractivity contribution < 1.29 is 0 Å². The Morgan fingerprint density at radius 1 is 1.29 bits per heavy atom. The first-order valence-electron chi connectivity index (χ1n) is 6.44. The van der Waals surface area contributed by atoms with Crippen LogP contribution in [-0.2, 0) is 6.54 Å². The van der Waals surface area contributed by atoms with Crippen molar-refractivity contribution in [1.29, 1.82) is 0 Å². The molecule has 4 heteroatoms. The molecule has 17 heavy (non-hydrogen) atoms. The molecule has 2 saturated carbocycles. The largest absolute Gasteiger partial charge is 0.307 e. The Hall–Kier alpha value is -1.42. The van der Waals surface area contributed by atoms with Crippen LogP contribution in [0.2, 0.25) is 0 Å². The molecule has 2 aromatic heterocycles. The van der Waals surface area contributed by atoms with Gasteiger partial charge in [-0.3, -0.25) is 4.40 Å². The highest BCUT2D eigenvalue weighted by Gasteiger charge is 2.47. The van der Waals surface area contributed by atoms with Crippen LogP contribution in [0.5, 0.6) is 0 Å². The van der Waals surface area contributed by atoms with E-state index in [9.17, 15) is 0 Å². The average molecular weight is 228 g/mol. The Kier molecular flexibility index (Phi) is 1.99. The fourth-order valence-electron chi connectivity index (χ4n) is 3.19. The van der Waals surface area contributed by atoms with Crippen molar-refractivity contribution in [3.63, 3.8) is 0 Å². The van der Waals surface area contributed by atoms with Crippen LogP contribution in [0, 0.1) is 11.8 Å². The summed E-state index contributed by atoms with van der Waals surface area (Å²) in [6.07, 6.45) is 6.23. The maximum atomic E-state index is 4.25. The van der Waals surface area contributed by atoms with E-state index in [1.54, 1.807) is 0 Å². The molecule has 2 aromatic rings. The summed E-state index contributed by atoms with van der Waals surface area (Å²) in [6.45, 7) is 0.832. The molecule has 2 heterocycles.